The number of aromatic nitrogens is 1. The fraction of sp³-hybridized carbons (Fsp3) is 0.571. The highest BCUT2D eigenvalue weighted by Crippen LogP contribution is 2.23. The van der Waals surface area contributed by atoms with Crippen molar-refractivity contribution in [2.45, 2.75) is 13.0 Å². The Kier molecular flexibility index (Phi) is 1.54. The maximum absolute atomic E-state index is 5.20. The lowest BCUT2D eigenvalue weighted by Gasteiger charge is -2.09. The summed E-state index contributed by atoms with van der Waals surface area (Å²) in [5, 5.41) is 6.82. The molecule has 0 atom stereocenters. The van der Waals surface area contributed by atoms with E-state index in [2.05, 4.69) is 10.5 Å². The number of hydrogen-bond acceptors (Lipinski definition) is 4. The van der Waals surface area contributed by atoms with E-state index in [1.54, 1.807) is 0 Å². The molecule has 2 rings (SSSR count). The molecule has 1 aliphatic heterocycles. The number of fused-ring (bicyclic) bond motifs is 1. The van der Waals surface area contributed by atoms with Crippen LogP contribution in [0.3, 0.4) is 0 Å². The minimum absolute atomic E-state index is 0.584. The number of hydrogen-bond donors (Lipinski definition) is 1. The van der Waals surface area contributed by atoms with Gasteiger partial charge < -0.3 is 14.6 Å². The molecule has 0 radical (unpaired) electrons. The standard InChI is InChI=1S/C7H10N2O2/c1-8-7-5-2-3-10-4-6(5)9-11-7/h8H,2-4H2,1H3. The minimum Gasteiger partial charge on any atom is -0.375 e. The molecule has 1 aromatic heterocycles. The molecule has 1 aromatic rings. The van der Waals surface area contributed by atoms with Gasteiger partial charge in [-0.1, -0.05) is 5.16 Å². The molecule has 0 saturated heterocycles. The van der Waals surface area contributed by atoms with E-state index in [4.69, 9.17) is 9.26 Å². The maximum atomic E-state index is 5.20. The van der Waals surface area contributed by atoms with Crippen molar-refractivity contribution in [3.05, 3.63) is 11.3 Å². The topological polar surface area (TPSA) is 47.3 Å². The Morgan fingerprint density at radius 3 is 3.27 bits per heavy atom. The van der Waals surface area contributed by atoms with Gasteiger partial charge >= 0.3 is 0 Å². The summed E-state index contributed by atoms with van der Waals surface area (Å²) in [7, 11) is 1.83. The van der Waals surface area contributed by atoms with Crippen LogP contribution in [0, 0.1) is 0 Å². The first kappa shape index (κ1) is 6.67. The van der Waals surface area contributed by atoms with Gasteiger partial charge in [-0.3, -0.25) is 0 Å². The molecule has 4 heteroatoms. The van der Waals surface area contributed by atoms with Gasteiger partial charge in [0, 0.05) is 19.0 Å². The van der Waals surface area contributed by atoms with Gasteiger partial charge in [-0.15, -0.1) is 0 Å². The van der Waals surface area contributed by atoms with Crippen LogP contribution in [0.25, 0.3) is 0 Å². The van der Waals surface area contributed by atoms with Crippen molar-refractivity contribution >= 4 is 5.88 Å². The minimum atomic E-state index is 0.584. The van der Waals surface area contributed by atoms with Gasteiger partial charge in [0.15, 0.2) is 0 Å². The van der Waals surface area contributed by atoms with Crippen LogP contribution < -0.4 is 5.32 Å². The van der Waals surface area contributed by atoms with E-state index >= 15 is 0 Å². The fourth-order valence-corrected chi connectivity index (χ4v) is 1.25. The average Bonchev–Trinajstić information content (AvgIpc) is 2.47. The third-order valence-electron chi connectivity index (χ3n) is 1.83. The summed E-state index contributed by atoms with van der Waals surface area (Å²) in [6, 6.07) is 0. The average molecular weight is 154 g/mol. The van der Waals surface area contributed by atoms with E-state index in [-0.39, 0.29) is 0 Å². The van der Waals surface area contributed by atoms with Crippen molar-refractivity contribution in [3.8, 4) is 0 Å². The van der Waals surface area contributed by atoms with Gasteiger partial charge in [-0.25, -0.2) is 0 Å². The lowest BCUT2D eigenvalue weighted by Crippen LogP contribution is -2.09. The highest BCUT2D eigenvalue weighted by Gasteiger charge is 2.18. The summed E-state index contributed by atoms with van der Waals surface area (Å²) in [6.07, 6.45) is 0.898. The Morgan fingerprint density at radius 2 is 2.45 bits per heavy atom. The fourth-order valence-electron chi connectivity index (χ4n) is 1.25. The van der Waals surface area contributed by atoms with Crippen molar-refractivity contribution in [2.24, 2.45) is 0 Å². The van der Waals surface area contributed by atoms with E-state index in [1.807, 2.05) is 7.05 Å². The number of ether oxygens (including phenoxy) is 1. The lowest BCUT2D eigenvalue weighted by molar-refractivity contribution is 0.107. The highest BCUT2D eigenvalue weighted by atomic mass is 16.5. The number of rotatable bonds is 1. The van der Waals surface area contributed by atoms with Crippen molar-refractivity contribution in [1.82, 2.24) is 5.16 Å². The molecule has 1 aliphatic rings. The van der Waals surface area contributed by atoms with Gasteiger partial charge in [0.05, 0.1) is 13.2 Å². The smallest absolute Gasteiger partial charge is 0.228 e. The molecule has 1 N–H and O–H groups in total. The number of nitrogens with one attached hydrogen (secondary N) is 1. The van der Waals surface area contributed by atoms with Gasteiger partial charge in [0.1, 0.15) is 5.69 Å². The SMILES string of the molecule is CNc1onc2c1CCOC2. The summed E-state index contributed by atoms with van der Waals surface area (Å²) >= 11 is 0. The highest BCUT2D eigenvalue weighted by molar-refractivity contribution is 5.43. The first-order valence-electron chi connectivity index (χ1n) is 3.64. The zero-order valence-electron chi connectivity index (χ0n) is 6.39. The van der Waals surface area contributed by atoms with E-state index in [0.29, 0.717) is 6.61 Å². The number of nitrogens with zero attached hydrogens (tertiary/aromatic N) is 1. The van der Waals surface area contributed by atoms with Gasteiger partial charge in [-0.2, -0.15) is 0 Å². The number of anilines is 1. The molecule has 11 heavy (non-hydrogen) atoms. The maximum Gasteiger partial charge on any atom is 0.228 e. The lowest BCUT2D eigenvalue weighted by atomic mass is 10.1. The molecule has 0 fully saturated rings. The van der Waals surface area contributed by atoms with Crippen molar-refractivity contribution < 1.29 is 9.26 Å². The largest absolute Gasteiger partial charge is 0.375 e. The summed E-state index contributed by atoms with van der Waals surface area (Å²) in [4.78, 5) is 0. The van der Waals surface area contributed by atoms with Crippen LogP contribution in [0.4, 0.5) is 5.88 Å². The molecule has 0 aromatic carbocycles. The molecule has 0 spiro atoms. The monoisotopic (exact) mass is 154 g/mol. The van der Waals surface area contributed by atoms with Gasteiger partial charge in [-0.05, 0) is 0 Å². The first-order valence-corrected chi connectivity index (χ1v) is 3.64. The molecule has 0 aliphatic carbocycles. The zero-order valence-corrected chi connectivity index (χ0v) is 6.39. The van der Waals surface area contributed by atoms with Crippen LogP contribution in [0.5, 0.6) is 0 Å². The second-order valence-corrected chi connectivity index (χ2v) is 2.49. The Bertz CT molecular complexity index is 243. The normalized spacial score (nSPS) is 16.1. The molecular weight excluding hydrogens is 144 g/mol. The summed E-state index contributed by atoms with van der Waals surface area (Å²) in [6.45, 7) is 1.35. The quantitative estimate of drug-likeness (QED) is 0.649. The Morgan fingerprint density at radius 1 is 1.55 bits per heavy atom. The van der Waals surface area contributed by atoms with E-state index in [9.17, 15) is 0 Å². The molecule has 0 bridgehead atoms. The molecule has 2 heterocycles. The third-order valence-corrected chi connectivity index (χ3v) is 1.83. The molecule has 4 nitrogen and oxygen atoms in total. The van der Waals surface area contributed by atoms with Crippen LogP contribution in [-0.4, -0.2) is 18.8 Å². The van der Waals surface area contributed by atoms with E-state index in [1.165, 1.54) is 5.56 Å². The van der Waals surface area contributed by atoms with Crippen molar-refractivity contribution in [1.29, 1.82) is 0 Å². The zero-order chi connectivity index (χ0) is 7.68. The second kappa shape index (κ2) is 2.54. The summed E-state index contributed by atoms with van der Waals surface area (Å²) in [5.74, 6) is 0.781. The van der Waals surface area contributed by atoms with Gasteiger partial charge in [0.25, 0.3) is 0 Å². The summed E-state index contributed by atoms with van der Waals surface area (Å²) < 4.78 is 10.2. The van der Waals surface area contributed by atoms with E-state index < -0.39 is 0 Å². The molecule has 60 valence electrons. The Labute approximate surface area is 64.5 Å². The predicted octanol–water partition coefficient (Wildman–Crippen LogP) is 0.789. The molecule has 0 amide bonds. The van der Waals surface area contributed by atoms with Crippen molar-refractivity contribution in [2.75, 3.05) is 19.0 Å². The Balaban J connectivity index is 2.38. The molecular formula is C7H10N2O2. The van der Waals surface area contributed by atoms with Crippen LogP contribution >= 0.6 is 0 Å². The first-order chi connectivity index (χ1) is 5.42. The van der Waals surface area contributed by atoms with Crippen LogP contribution in [-0.2, 0) is 17.8 Å². The van der Waals surface area contributed by atoms with Crippen molar-refractivity contribution in [3.63, 3.8) is 0 Å². The summed E-state index contributed by atoms with van der Waals surface area (Å²) in [5.41, 5.74) is 2.10. The van der Waals surface area contributed by atoms with Gasteiger partial charge in [0.2, 0.25) is 5.88 Å². The van der Waals surface area contributed by atoms with E-state index in [0.717, 1.165) is 24.6 Å². The predicted molar refractivity (Wildman–Crippen MR) is 39.4 cm³/mol. The molecule has 0 saturated carbocycles. The van der Waals surface area contributed by atoms with Crippen LogP contribution in [0.2, 0.25) is 0 Å². The third kappa shape index (κ3) is 0.991. The van der Waals surface area contributed by atoms with Crippen LogP contribution in [0.1, 0.15) is 11.3 Å². The second-order valence-electron chi connectivity index (χ2n) is 2.49. The molecule has 0 unspecified atom stereocenters. The Hall–Kier alpha value is -1.03. The van der Waals surface area contributed by atoms with Crippen LogP contribution in [0.15, 0.2) is 4.52 Å².